The Labute approximate surface area is 116 Å². The third-order valence-corrected chi connectivity index (χ3v) is 4.16. The van der Waals surface area contributed by atoms with E-state index in [-0.39, 0.29) is 0 Å². The molecule has 1 N–H and O–H groups in total. The molecular weight excluding hydrogens is 236 g/mol. The van der Waals surface area contributed by atoms with E-state index in [4.69, 9.17) is 4.74 Å². The maximum atomic E-state index is 5.27. The molecule has 3 heteroatoms. The number of nitrogens with zero attached hydrogens (tertiary/aromatic N) is 1. The molecule has 0 amide bonds. The standard InChI is InChI=1S/C16H26N2O/c1-3-18-16(9-8-13-6-4-5-7-13)14-10-15(19-2)12-17-11-14/h10-13,16,18H,3-9H2,1-2H3. The van der Waals surface area contributed by atoms with Crippen LogP contribution >= 0.6 is 0 Å². The van der Waals surface area contributed by atoms with Gasteiger partial charge in [0.25, 0.3) is 0 Å². The minimum atomic E-state index is 0.410. The van der Waals surface area contributed by atoms with E-state index in [0.717, 1.165) is 18.2 Å². The molecule has 3 nitrogen and oxygen atoms in total. The van der Waals surface area contributed by atoms with E-state index in [0.29, 0.717) is 6.04 Å². The number of rotatable bonds is 7. The molecule has 0 radical (unpaired) electrons. The van der Waals surface area contributed by atoms with Gasteiger partial charge in [0.1, 0.15) is 5.75 Å². The first-order chi connectivity index (χ1) is 9.33. The van der Waals surface area contributed by atoms with E-state index in [1.807, 2.05) is 6.20 Å². The lowest BCUT2D eigenvalue weighted by Crippen LogP contribution is -2.21. The molecule has 1 aliphatic carbocycles. The molecule has 0 aromatic carbocycles. The van der Waals surface area contributed by atoms with E-state index in [1.54, 1.807) is 13.3 Å². The maximum absolute atomic E-state index is 5.27. The fourth-order valence-corrected chi connectivity index (χ4v) is 3.07. The lowest BCUT2D eigenvalue weighted by molar-refractivity contribution is 0.402. The van der Waals surface area contributed by atoms with Gasteiger partial charge in [-0.25, -0.2) is 0 Å². The molecule has 1 atom stereocenters. The van der Waals surface area contributed by atoms with Gasteiger partial charge < -0.3 is 10.1 Å². The number of hydrogen-bond acceptors (Lipinski definition) is 3. The summed E-state index contributed by atoms with van der Waals surface area (Å²) in [5, 5.41) is 3.58. The largest absolute Gasteiger partial charge is 0.495 e. The van der Waals surface area contributed by atoms with Crippen molar-refractivity contribution in [3.8, 4) is 5.75 Å². The number of pyridine rings is 1. The Hall–Kier alpha value is -1.09. The zero-order valence-electron chi connectivity index (χ0n) is 12.2. The molecule has 1 aromatic rings. The van der Waals surface area contributed by atoms with Crippen LogP contribution in [0.4, 0.5) is 0 Å². The third-order valence-electron chi connectivity index (χ3n) is 4.16. The molecule has 1 heterocycles. The fraction of sp³-hybridized carbons (Fsp3) is 0.688. The average Bonchev–Trinajstić information content (AvgIpc) is 2.97. The topological polar surface area (TPSA) is 34.2 Å². The van der Waals surface area contributed by atoms with Gasteiger partial charge in [0, 0.05) is 12.2 Å². The molecule has 106 valence electrons. The average molecular weight is 262 g/mol. The Kier molecular flexibility index (Phi) is 5.64. The van der Waals surface area contributed by atoms with Crippen LogP contribution in [0.25, 0.3) is 0 Å². The van der Waals surface area contributed by atoms with Crippen LogP contribution in [-0.2, 0) is 0 Å². The van der Waals surface area contributed by atoms with Crippen LogP contribution < -0.4 is 10.1 Å². The summed E-state index contributed by atoms with van der Waals surface area (Å²) in [4.78, 5) is 4.27. The number of methoxy groups -OCH3 is 1. The lowest BCUT2D eigenvalue weighted by atomic mass is 9.95. The predicted molar refractivity (Wildman–Crippen MR) is 78.4 cm³/mol. The summed E-state index contributed by atoms with van der Waals surface area (Å²) in [6.07, 6.45) is 12.0. The SMILES string of the molecule is CCNC(CCC1CCCC1)c1cncc(OC)c1. The van der Waals surface area contributed by atoms with Crippen LogP contribution in [0.3, 0.4) is 0 Å². The van der Waals surface area contributed by atoms with Crippen molar-refractivity contribution in [2.45, 2.75) is 51.5 Å². The first kappa shape index (κ1) is 14.3. The second-order valence-electron chi connectivity index (χ2n) is 5.50. The van der Waals surface area contributed by atoms with Gasteiger partial charge in [-0.05, 0) is 36.9 Å². The first-order valence-corrected chi connectivity index (χ1v) is 7.55. The Balaban J connectivity index is 1.96. The minimum absolute atomic E-state index is 0.410. The van der Waals surface area contributed by atoms with Crippen molar-refractivity contribution in [1.29, 1.82) is 0 Å². The van der Waals surface area contributed by atoms with Crippen molar-refractivity contribution in [1.82, 2.24) is 10.3 Å². The summed E-state index contributed by atoms with van der Waals surface area (Å²) in [7, 11) is 1.70. The van der Waals surface area contributed by atoms with Gasteiger partial charge in [0.15, 0.2) is 0 Å². The molecule has 1 unspecified atom stereocenters. The summed E-state index contributed by atoms with van der Waals surface area (Å²) in [5.74, 6) is 1.79. The van der Waals surface area contributed by atoms with Crippen LogP contribution in [-0.4, -0.2) is 18.6 Å². The summed E-state index contributed by atoms with van der Waals surface area (Å²) in [6, 6.07) is 2.52. The minimum Gasteiger partial charge on any atom is -0.495 e. The summed E-state index contributed by atoms with van der Waals surface area (Å²) in [6.45, 7) is 3.16. The Morgan fingerprint density at radius 3 is 2.84 bits per heavy atom. The number of nitrogens with one attached hydrogen (secondary N) is 1. The highest BCUT2D eigenvalue weighted by Crippen LogP contribution is 2.31. The third kappa shape index (κ3) is 4.20. The maximum Gasteiger partial charge on any atom is 0.137 e. The van der Waals surface area contributed by atoms with Crippen molar-refractivity contribution in [3.63, 3.8) is 0 Å². The molecule has 1 saturated carbocycles. The van der Waals surface area contributed by atoms with E-state index in [1.165, 1.54) is 44.1 Å². The number of aromatic nitrogens is 1. The Morgan fingerprint density at radius 1 is 1.37 bits per heavy atom. The van der Waals surface area contributed by atoms with Crippen molar-refractivity contribution in [2.24, 2.45) is 5.92 Å². The van der Waals surface area contributed by atoms with Crippen molar-refractivity contribution in [2.75, 3.05) is 13.7 Å². The number of ether oxygens (including phenoxy) is 1. The molecule has 1 fully saturated rings. The molecule has 19 heavy (non-hydrogen) atoms. The van der Waals surface area contributed by atoms with E-state index in [9.17, 15) is 0 Å². The zero-order chi connectivity index (χ0) is 13.5. The molecule has 0 saturated heterocycles. The second-order valence-corrected chi connectivity index (χ2v) is 5.50. The van der Waals surface area contributed by atoms with Crippen molar-refractivity contribution < 1.29 is 4.74 Å². The van der Waals surface area contributed by atoms with E-state index < -0.39 is 0 Å². The van der Waals surface area contributed by atoms with Crippen LogP contribution in [0.2, 0.25) is 0 Å². The Bertz CT molecular complexity index is 375. The van der Waals surface area contributed by atoms with Crippen molar-refractivity contribution >= 4 is 0 Å². The molecule has 1 aromatic heterocycles. The normalized spacial score (nSPS) is 17.6. The molecule has 0 aliphatic heterocycles. The van der Waals surface area contributed by atoms with Gasteiger partial charge in [-0.3, -0.25) is 4.98 Å². The van der Waals surface area contributed by atoms with Crippen molar-refractivity contribution in [3.05, 3.63) is 24.0 Å². The molecule has 1 aliphatic rings. The van der Waals surface area contributed by atoms with E-state index >= 15 is 0 Å². The van der Waals surface area contributed by atoms with Gasteiger partial charge in [0.05, 0.1) is 13.3 Å². The monoisotopic (exact) mass is 262 g/mol. The Morgan fingerprint density at radius 2 is 2.16 bits per heavy atom. The summed E-state index contributed by atoms with van der Waals surface area (Å²) < 4.78 is 5.27. The summed E-state index contributed by atoms with van der Waals surface area (Å²) >= 11 is 0. The molecule has 0 spiro atoms. The fourth-order valence-electron chi connectivity index (χ4n) is 3.07. The predicted octanol–water partition coefficient (Wildman–Crippen LogP) is 3.71. The molecule has 0 bridgehead atoms. The van der Waals surface area contributed by atoms with Gasteiger partial charge in [0.2, 0.25) is 0 Å². The zero-order valence-corrected chi connectivity index (χ0v) is 12.2. The van der Waals surface area contributed by atoms with Crippen LogP contribution in [0, 0.1) is 5.92 Å². The first-order valence-electron chi connectivity index (χ1n) is 7.55. The quantitative estimate of drug-likeness (QED) is 0.813. The number of hydrogen-bond donors (Lipinski definition) is 1. The molecular formula is C16H26N2O. The molecule has 2 rings (SSSR count). The van der Waals surface area contributed by atoms with E-state index in [2.05, 4.69) is 23.3 Å². The highest BCUT2D eigenvalue weighted by Gasteiger charge is 2.18. The van der Waals surface area contributed by atoms with Crippen LogP contribution in [0.1, 0.15) is 57.1 Å². The van der Waals surface area contributed by atoms with Gasteiger partial charge >= 0.3 is 0 Å². The van der Waals surface area contributed by atoms with Crippen LogP contribution in [0.15, 0.2) is 18.5 Å². The van der Waals surface area contributed by atoms with Gasteiger partial charge in [-0.1, -0.05) is 32.6 Å². The summed E-state index contributed by atoms with van der Waals surface area (Å²) in [5.41, 5.74) is 1.25. The second kappa shape index (κ2) is 7.49. The smallest absolute Gasteiger partial charge is 0.137 e. The highest BCUT2D eigenvalue weighted by atomic mass is 16.5. The van der Waals surface area contributed by atoms with Crippen LogP contribution in [0.5, 0.6) is 5.75 Å². The highest BCUT2D eigenvalue weighted by molar-refractivity contribution is 5.25. The van der Waals surface area contributed by atoms with Gasteiger partial charge in [-0.15, -0.1) is 0 Å². The van der Waals surface area contributed by atoms with Gasteiger partial charge in [-0.2, -0.15) is 0 Å². The lowest BCUT2D eigenvalue weighted by Gasteiger charge is -2.20.